The lowest BCUT2D eigenvalue weighted by Gasteiger charge is -2.31. The maximum Gasteiger partial charge on any atom is 0.303 e. The SMILES string of the molecule is CCN1c2ccc3c(S(=O)(=O)O)cc(S(=O)(=O)O)cc3c2C(C)(C)C1C=CC=CC=CC=C1N(CCCCCC(=O)O)c2ccc3c(S(=O)(=O)O)cc(S(=O)(=O)O)cc3c2C1(C)CCOCCOC. The molecule has 2 atom stereocenters. The number of benzene rings is 4. The molecule has 2 aliphatic heterocycles. The number of ether oxygens (including phenoxy) is 2. The smallest absolute Gasteiger partial charge is 0.303 e. The van der Waals surface area contributed by atoms with Crippen molar-refractivity contribution in [2.45, 2.75) is 96.3 Å². The normalized spacial score (nSPS) is 19.3. The molecule has 0 bridgehead atoms. The van der Waals surface area contributed by atoms with Crippen molar-refractivity contribution in [3.63, 3.8) is 0 Å². The van der Waals surface area contributed by atoms with E-state index in [1.807, 2.05) is 50.8 Å². The van der Waals surface area contributed by atoms with Gasteiger partial charge in [-0.25, -0.2) is 0 Å². The number of aliphatic carboxylic acids is 1. The molecule has 2 heterocycles. The zero-order valence-corrected chi connectivity index (χ0v) is 41.8. The molecule has 374 valence electrons. The highest BCUT2D eigenvalue weighted by molar-refractivity contribution is 7.87. The lowest BCUT2D eigenvalue weighted by atomic mass is 9.76. The zero-order valence-electron chi connectivity index (χ0n) is 38.6. The van der Waals surface area contributed by atoms with E-state index in [4.69, 9.17) is 9.47 Å². The van der Waals surface area contributed by atoms with Gasteiger partial charge in [-0.2, -0.15) is 33.7 Å². The van der Waals surface area contributed by atoms with Crippen LogP contribution >= 0.6 is 0 Å². The van der Waals surface area contributed by atoms with Gasteiger partial charge in [0.1, 0.15) is 9.79 Å². The van der Waals surface area contributed by atoms with Crippen LogP contribution in [-0.2, 0) is 65.6 Å². The lowest BCUT2D eigenvalue weighted by Crippen LogP contribution is -2.39. The van der Waals surface area contributed by atoms with E-state index in [0.717, 1.165) is 11.8 Å². The van der Waals surface area contributed by atoms with Gasteiger partial charge < -0.3 is 24.4 Å². The van der Waals surface area contributed by atoms with Gasteiger partial charge in [0, 0.05) is 71.9 Å². The maximum atomic E-state index is 12.7. The molecule has 2 aliphatic rings. The molecule has 0 saturated heterocycles. The molecule has 0 aromatic heterocycles. The molecular weight excluding hydrogens is 977 g/mol. The summed E-state index contributed by atoms with van der Waals surface area (Å²) in [5.74, 6) is -0.922. The number of anilines is 2. The van der Waals surface area contributed by atoms with Crippen LogP contribution in [0.1, 0.15) is 70.9 Å². The summed E-state index contributed by atoms with van der Waals surface area (Å²) < 4.78 is 151. The first-order valence-corrected chi connectivity index (χ1v) is 27.6. The number of nitrogens with zero attached hydrogens (tertiary/aromatic N) is 2. The average molecular weight is 1030 g/mol. The number of hydrogen-bond donors (Lipinski definition) is 5. The van der Waals surface area contributed by atoms with Crippen molar-refractivity contribution in [3.8, 4) is 0 Å². The van der Waals surface area contributed by atoms with Crippen LogP contribution in [0.5, 0.6) is 0 Å². The maximum absolute atomic E-state index is 12.7. The fraction of sp³-hybridized carbons (Fsp3) is 0.383. The van der Waals surface area contributed by atoms with Crippen molar-refractivity contribution in [2.75, 3.05) is 49.8 Å². The lowest BCUT2D eigenvalue weighted by molar-refractivity contribution is -0.137. The van der Waals surface area contributed by atoms with Crippen LogP contribution in [0.4, 0.5) is 11.4 Å². The predicted octanol–water partition coefficient (Wildman–Crippen LogP) is 7.49. The molecule has 4 aromatic carbocycles. The Morgan fingerprint density at radius 3 is 1.75 bits per heavy atom. The monoisotopic (exact) mass is 1030 g/mol. The third-order valence-corrected chi connectivity index (χ3v) is 16.2. The van der Waals surface area contributed by atoms with E-state index in [1.165, 1.54) is 31.4 Å². The quantitative estimate of drug-likeness (QED) is 0.0307. The molecule has 69 heavy (non-hydrogen) atoms. The number of rotatable bonds is 21. The van der Waals surface area contributed by atoms with Gasteiger partial charge in [-0.15, -0.1) is 0 Å². The van der Waals surface area contributed by atoms with E-state index >= 15 is 0 Å². The molecule has 5 N–H and O–H groups in total. The summed E-state index contributed by atoms with van der Waals surface area (Å²) in [7, 11) is -18.2. The Bertz CT molecular complexity index is 3250. The van der Waals surface area contributed by atoms with Crippen LogP contribution in [0, 0.1) is 0 Å². The minimum Gasteiger partial charge on any atom is -0.481 e. The second-order valence-corrected chi connectivity index (χ2v) is 23.2. The van der Waals surface area contributed by atoms with Gasteiger partial charge >= 0.3 is 5.97 Å². The molecule has 18 nitrogen and oxygen atoms in total. The molecule has 4 aromatic rings. The number of carboxylic acid groups (broad SMARTS) is 1. The second kappa shape index (κ2) is 20.4. The highest BCUT2D eigenvalue weighted by atomic mass is 32.2. The molecule has 0 saturated carbocycles. The zero-order chi connectivity index (χ0) is 50.9. The Hall–Kier alpha value is -5.01. The van der Waals surface area contributed by atoms with Crippen molar-refractivity contribution in [1.29, 1.82) is 0 Å². The summed E-state index contributed by atoms with van der Waals surface area (Å²) in [5.41, 5.74) is 1.40. The number of hydrogen-bond acceptors (Lipinski definition) is 13. The first-order valence-electron chi connectivity index (χ1n) is 21.8. The van der Waals surface area contributed by atoms with Crippen LogP contribution < -0.4 is 9.80 Å². The predicted molar refractivity (Wildman–Crippen MR) is 261 cm³/mol. The molecule has 0 amide bonds. The van der Waals surface area contributed by atoms with E-state index in [2.05, 4.69) is 4.90 Å². The van der Waals surface area contributed by atoms with Crippen LogP contribution in [0.2, 0.25) is 0 Å². The summed E-state index contributed by atoms with van der Waals surface area (Å²) >= 11 is 0. The molecule has 0 fully saturated rings. The van der Waals surface area contributed by atoms with Crippen molar-refractivity contribution >= 4 is 79.4 Å². The number of carbonyl (C=O) groups is 1. The Labute approximate surface area is 402 Å². The summed E-state index contributed by atoms with van der Waals surface area (Å²) in [5, 5.41) is 9.76. The number of allylic oxidation sites excluding steroid dienone is 7. The Kier molecular flexibility index (Phi) is 15.8. The van der Waals surface area contributed by atoms with Crippen molar-refractivity contribution < 1.29 is 71.3 Å². The van der Waals surface area contributed by atoms with Gasteiger partial charge in [-0.3, -0.25) is 23.0 Å². The standard InChI is InChI=1S/C47H56N2O16S4/c1-6-48-37-20-18-33-35(27-31(66(52,53)54)29-39(33)68(58,59)60)44(37)46(2,3)41(48)15-11-8-7-9-12-16-42-47(4,22-24-65-26-25-64-5)45-36-28-32(67(55,56)57)30-40(69(61,62)63)34(36)19-21-38(45)49(42)23-14-10-13-17-43(50)51/h7-9,11-12,15-16,18-21,27-30,41H,6,10,13-14,17,22-26H2,1-5H3,(H,50,51)(H,52,53,54)(H,55,56,57)(H,58,59,60)(H,61,62,63). The van der Waals surface area contributed by atoms with Crippen molar-refractivity contribution in [3.05, 3.63) is 108 Å². The highest BCUT2D eigenvalue weighted by Gasteiger charge is 2.46. The Morgan fingerprint density at radius 1 is 0.667 bits per heavy atom. The molecule has 2 unspecified atom stereocenters. The number of unbranched alkanes of at least 4 members (excludes halogenated alkanes) is 2. The number of likely N-dealkylation sites (N-methyl/N-ethyl adjacent to an activating group) is 1. The number of methoxy groups -OCH3 is 1. The first-order chi connectivity index (χ1) is 32.2. The Balaban J connectivity index is 1.40. The fourth-order valence-electron chi connectivity index (χ4n) is 9.65. The molecule has 0 aliphatic carbocycles. The average Bonchev–Trinajstić information content (AvgIpc) is 3.62. The summed E-state index contributed by atoms with van der Waals surface area (Å²) in [4.78, 5) is 12.6. The van der Waals surface area contributed by atoms with Crippen molar-refractivity contribution in [2.24, 2.45) is 0 Å². The first kappa shape index (κ1) is 53.3. The van der Waals surface area contributed by atoms with Crippen LogP contribution in [0.25, 0.3) is 21.5 Å². The number of carboxylic acids is 1. The molecule has 6 rings (SSSR count). The van der Waals surface area contributed by atoms with Crippen LogP contribution in [-0.4, -0.2) is 109 Å². The van der Waals surface area contributed by atoms with Gasteiger partial charge in [-0.05, 0) is 97.5 Å². The van der Waals surface area contributed by atoms with Gasteiger partial charge in [0.15, 0.2) is 0 Å². The summed E-state index contributed by atoms with van der Waals surface area (Å²) in [6, 6.07) is 9.85. The largest absolute Gasteiger partial charge is 0.481 e. The van der Waals surface area contributed by atoms with Gasteiger partial charge in [0.2, 0.25) is 0 Å². The molecule has 0 spiro atoms. The topological polar surface area (TPSA) is 280 Å². The summed E-state index contributed by atoms with van der Waals surface area (Å²) in [6.45, 7) is 9.34. The third-order valence-electron chi connectivity index (χ3n) is 12.8. The van der Waals surface area contributed by atoms with E-state index in [0.29, 0.717) is 73.9 Å². The van der Waals surface area contributed by atoms with E-state index < -0.39 is 76.9 Å². The van der Waals surface area contributed by atoms with Gasteiger partial charge in [0.25, 0.3) is 40.5 Å². The molecular formula is C47H56N2O16S4. The minimum absolute atomic E-state index is 0.0187. The second-order valence-electron chi connectivity index (χ2n) is 17.6. The van der Waals surface area contributed by atoms with Crippen molar-refractivity contribution in [1.82, 2.24) is 0 Å². The van der Waals surface area contributed by atoms with E-state index in [9.17, 15) is 61.8 Å². The van der Waals surface area contributed by atoms with Crippen LogP contribution in [0.3, 0.4) is 0 Å². The summed E-state index contributed by atoms with van der Waals surface area (Å²) in [6.07, 6.45) is 14.6. The fourth-order valence-corrected chi connectivity index (χ4v) is 12.3. The van der Waals surface area contributed by atoms with E-state index in [1.54, 1.807) is 36.4 Å². The van der Waals surface area contributed by atoms with Crippen LogP contribution in [0.15, 0.2) is 116 Å². The molecule has 0 radical (unpaired) electrons. The molecule has 22 heteroatoms. The van der Waals surface area contributed by atoms with Gasteiger partial charge in [-0.1, -0.05) is 68.9 Å². The Morgan fingerprint density at radius 2 is 1.22 bits per heavy atom. The van der Waals surface area contributed by atoms with E-state index in [-0.39, 0.29) is 47.2 Å². The highest BCUT2D eigenvalue weighted by Crippen LogP contribution is 2.54. The third kappa shape index (κ3) is 11.1. The van der Waals surface area contributed by atoms with Gasteiger partial charge in [0.05, 0.1) is 29.0 Å². The minimum atomic E-state index is -5.00. The number of fused-ring (bicyclic) bond motifs is 6.